The van der Waals surface area contributed by atoms with Crippen molar-refractivity contribution in [2.45, 2.75) is 59.4 Å². The van der Waals surface area contributed by atoms with Crippen LogP contribution in [0.4, 0.5) is 5.82 Å². The lowest BCUT2D eigenvalue weighted by atomic mass is 10.1. The molecule has 0 aliphatic heterocycles. The lowest BCUT2D eigenvalue weighted by Gasteiger charge is -2.27. The largest absolute Gasteiger partial charge is 0.356 e. The summed E-state index contributed by atoms with van der Waals surface area (Å²) in [5, 5.41) is 3.56. The molecule has 1 fully saturated rings. The highest BCUT2D eigenvalue weighted by Crippen LogP contribution is 2.29. The molecule has 1 aromatic rings. The summed E-state index contributed by atoms with van der Waals surface area (Å²) >= 11 is 1.49. The third-order valence-corrected chi connectivity index (χ3v) is 5.75. The molecule has 0 bridgehead atoms. The first-order valence-corrected chi connectivity index (χ1v) is 9.63. The molecule has 5 heteroatoms. The van der Waals surface area contributed by atoms with Gasteiger partial charge in [-0.15, -0.1) is 0 Å². The van der Waals surface area contributed by atoms with Crippen LogP contribution in [0, 0.1) is 6.92 Å². The molecule has 1 amide bonds. The molecular weight excluding hydrogens is 330 g/mol. The van der Waals surface area contributed by atoms with Gasteiger partial charge in [-0.3, -0.25) is 4.79 Å². The highest BCUT2D eigenvalue weighted by atomic mass is 32.2. The third kappa shape index (κ3) is 5.11. The molecule has 0 atom stereocenters. The number of hydrogen-bond donors (Lipinski definition) is 1. The Morgan fingerprint density at radius 2 is 1.96 bits per heavy atom. The SMILES string of the molecule is C=C(NC(=O)c1cc(C)cnc1N(C)C1CCCC1)SC(C)=C(C)C. The van der Waals surface area contributed by atoms with Crippen molar-refractivity contribution in [1.29, 1.82) is 0 Å². The third-order valence-electron chi connectivity index (χ3n) is 4.69. The van der Waals surface area contributed by atoms with Crippen molar-refractivity contribution in [2.75, 3.05) is 11.9 Å². The maximum atomic E-state index is 12.8. The summed E-state index contributed by atoms with van der Waals surface area (Å²) in [6, 6.07) is 2.38. The fourth-order valence-electron chi connectivity index (χ4n) is 2.98. The van der Waals surface area contributed by atoms with Gasteiger partial charge >= 0.3 is 0 Å². The van der Waals surface area contributed by atoms with Crippen molar-refractivity contribution in [3.63, 3.8) is 0 Å². The van der Waals surface area contributed by atoms with Crippen LogP contribution in [0.5, 0.6) is 0 Å². The number of pyridine rings is 1. The monoisotopic (exact) mass is 359 g/mol. The zero-order valence-corrected chi connectivity index (χ0v) is 16.8. The van der Waals surface area contributed by atoms with E-state index >= 15 is 0 Å². The topological polar surface area (TPSA) is 45.2 Å². The average Bonchev–Trinajstić information content (AvgIpc) is 3.08. The quantitative estimate of drug-likeness (QED) is 0.775. The molecule has 136 valence electrons. The molecular formula is C20H29N3OS. The Hall–Kier alpha value is -1.75. The fourth-order valence-corrected chi connectivity index (χ4v) is 3.70. The van der Waals surface area contributed by atoms with Crippen molar-refractivity contribution in [1.82, 2.24) is 10.3 Å². The van der Waals surface area contributed by atoms with Gasteiger partial charge in [-0.05, 0) is 57.1 Å². The smallest absolute Gasteiger partial charge is 0.259 e. The standard InChI is InChI=1S/C20H29N3OS/c1-13(2)15(4)25-16(5)22-20(24)18-11-14(3)12-21-19(18)23(6)17-9-7-8-10-17/h11-12,17H,5,7-10H2,1-4,6H3,(H,22,24). The predicted molar refractivity (Wildman–Crippen MR) is 108 cm³/mol. The van der Waals surface area contributed by atoms with E-state index in [1.165, 1.54) is 30.2 Å². The van der Waals surface area contributed by atoms with Crippen LogP contribution in [-0.4, -0.2) is 24.0 Å². The molecule has 0 unspecified atom stereocenters. The van der Waals surface area contributed by atoms with Gasteiger partial charge in [0.05, 0.1) is 10.6 Å². The first kappa shape index (κ1) is 19.6. The molecule has 2 rings (SSSR count). The number of amides is 1. The van der Waals surface area contributed by atoms with E-state index in [2.05, 4.69) is 35.6 Å². The summed E-state index contributed by atoms with van der Waals surface area (Å²) < 4.78 is 0. The maximum absolute atomic E-state index is 12.8. The van der Waals surface area contributed by atoms with Gasteiger partial charge in [-0.2, -0.15) is 0 Å². The van der Waals surface area contributed by atoms with Gasteiger partial charge < -0.3 is 10.2 Å². The molecule has 1 aromatic heterocycles. The lowest BCUT2D eigenvalue weighted by molar-refractivity contribution is 0.0969. The van der Waals surface area contributed by atoms with E-state index < -0.39 is 0 Å². The number of anilines is 1. The minimum Gasteiger partial charge on any atom is -0.356 e. The molecule has 1 N–H and O–H groups in total. The van der Waals surface area contributed by atoms with Crippen LogP contribution in [-0.2, 0) is 0 Å². The molecule has 0 radical (unpaired) electrons. The molecule has 1 heterocycles. The molecule has 4 nitrogen and oxygen atoms in total. The van der Waals surface area contributed by atoms with Crippen LogP contribution < -0.4 is 10.2 Å². The van der Waals surface area contributed by atoms with Crippen LogP contribution >= 0.6 is 11.8 Å². The number of thioether (sulfide) groups is 1. The number of hydrogen-bond acceptors (Lipinski definition) is 4. The first-order valence-electron chi connectivity index (χ1n) is 8.81. The molecule has 25 heavy (non-hydrogen) atoms. The van der Waals surface area contributed by atoms with Gasteiger partial charge in [0.2, 0.25) is 0 Å². The van der Waals surface area contributed by atoms with E-state index in [1.54, 1.807) is 0 Å². The summed E-state index contributed by atoms with van der Waals surface area (Å²) in [4.78, 5) is 20.7. The molecule has 0 saturated heterocycles. The minimum atomic E-state index is -0.143. The van der Waals surface area contributed by atoms with Crippen molar-refractivity contribution < 1.29 is 4.79 Å². The van der Waals surface area contributed by atoms with Gasteiger partial charge in [-0.1, -0.05) is 36.8 Å². The second-order valence-electron chi connectivity index (χ2n) is 6.97. The van der Waals surface area contributed by atoms with E-state index in [9.17, 15) is 4.79 Å². The van der Waals surface area contributed by atoms with Crippen molar-refractivity contribution >= 4 is 23.5 Å². The first-order chi connectivity index (χ1) is 11.8. The highest BCUT2D eigenvalue weighted by molar-refractivity contribution is 8.06. The van der Waals surface area contributed by atoms with Gasteiger partial charge in [0.1, 0.15) is 5.82 Å². The number of carbonyl (C=O) groups is 1. The predicted octanol–water partition coefficient (Wildman–Crippen LogP) is 5.02. The zero-order chi connectivity index (χ0) is 18.6. The Labute approximate surface area is 155 Å². The number of nitrogens with one attached hydrogen (secondary N) is 1. The molecule has 0 spiro atoms. The number of nitrogens with zero attached hydrogens (tertiary/aromatic N) is 2. The fraction of sp³-hybridized carbons (Fsp3) is 0.500. The number of aryl methyl sites for hydroxylation is 1. The molecule has 0 aromatic carbocycles. The second kappa shape index (κ2) is 8.56. The van der Waals surface area contributed by atoms with Crippen LogP contribution in [0.2, 0.25) is 0 Å². The Bertz CT molecular complexity index is 686. The minimum absolute atomic E-state index is 0.143. The van der Waals surface area contributed by atoms with Gasteiger partial charge in [0, 0.05) is 19.3 Å². The Balaban J connectivity index is 2.19. The van der Waals surface area contributed by atoms with Crippen LogP contribution in [0.25, 0.3) is 0 Å². The molecule has 1 saturated carbocycles. The molecule has 1 aliphatic carbocycles. The lowest BCUT2D eigenvalue weighted by Crippen LogP contribution is -2.33. The summed E-state index contributed by atoms with van der Waals surface area (Å²) in [5.74, 6) is 0.613. The van der Waals surface area contributed by atoms with Gasteiger partial charge in [0.25, 0.3) is 5.91 Å². The van der Waals surface area contributed by atoms with Crippen LogP contribution in [0.1, 0.15) is 62.4 Å². The van der Waals surface area contributed by atoms with Crippen LogP contribution in [0.15, 0.2) is 34.3 Å². The Kier molecular flexibility index (Phi) is 6.71. The number of rotatable bonds is 6. The van der Waals surface area contributed by atoms with Crippen molar-refractivity contribution in [3.8, 4) is 0 Å². The second-order valence-corrected chi connectivity index (χ2v) is 8.28. The number of aromatic nitrogens is 1. The van der Waals surface area contributed by atoms with Crippen molar-refractivity contribution in [2.24, 2.45) is 0 Å². The number of allylic oxidation sites excluding steroid dienone is 2. The van der Waals surface area contributed by atoms with Crippen LogP contribution in [0.3, 0.4) is 0 Å². The summed E-state index contributed by atoms with van der Waals surface area (Å²) in [7, 11) is 2.04. The van der Waals surface area contributed by atoms with E-state index in [0.717, 1.165) is 29.1 Å². The average molecular weight is 360 g/mol. The van der Waals surface area contributed by atoms with Gasteiger partial charge in [-0.25, -0.2) is 4.98 Å². The van der Waals surface area contributed by atoms with E-state index in [1.807, 2.05) is 33.2 Å². The van der Waals surface area contributed by atoms with E-state index in [0.29, 0.717) is 16.6 Å². The number of carbonyl (C=O) groups excluding carboxylic acids is 1. The molecule has 1 aliphatic rings. The zero-order valence-electron chi connectivity index (χ0n) is 16.0. The van der Waals surface area contributed by atoms with E-state index in [4.69, 9.17) is 0 Å². The highest BCUT2D eigenvalue weighted by Gasteiger charge is 2.24. The van der Waals surface area contributed by atoms with Crippen molar-refractivity contribution in [3.05, 3.63) is 45.5 Å². The summed E-state index contributed by atoms with van der Waals surface area (Å²) in [5.41, 5.74) is 2.82. The summed E-state index contributed by atoms with van der Waals surface area (Å²) in [6.07, 6.45) is 6.65. The Morgan fingerprint density at radius 1 is 1.32 bits per heavy atom. The van der Waals surface area contributed by atoms with Gasteiger partial charge in [0.15, 0.2) is 0 Å². The normalized spacial score (nSPS) is 14.3. The van der Waals surface area contributed by atoms with E-state index in [-0.39, 0.29) is 5.91 Å². The maximum Gasteiger partial charge on any atom is 0.259 e. The Morgan fingerprint density at radius 3 is 2.56 bits per heavy atom. The summed E-state index contributed by atoms with van der Waals surface area (Å²) in [6.45, 7) is 12.1.